The molecule has 1 aromatic rings. The number of anilines is 2. The van der Waals surface area contributed by atoms with Crippen molar-refractivity contribution in [2.75, 3.05) is 24.7 Å². The second-order valence-corrected chi connectivity index (χ2v) is 4.05. The van der Waals surface area contributed by atoms with E-state index in [2.05, 4.69) is 24.1 Å². The Kier molecular flexibility index (Phi) is 4.75. The lowest BCUT2D eigenvalue weighted by Gasteiger charge is -2.13. The van der Waals surface area contributed by atoms with Crippen molar-refractivity contribution in [1.29, 1.82) is 0 Å². The fourth-order valence-corrected chi connectivity index (χ4v) is 1.30. The molecule has 94 valence electrons. The maximum atomic E-state index is 11.5. The number of methoxy groups -OCH3 is 1. The van der Waals surface area contributed by atoms with Crippen LogP contribution in [-0.4, -0.2) is 24.6 Å². The summed E-state index contributed by atoms with van der Waals surface area (Å²) in [6.45, 7) is 5.00. The molecule has 0 spiro atoms. The molecule has 0 aliphatic carbocycles. The van der Waals surface area contributed by atoms with Gasteiger partial charge in [-0.3, -0.25) is 0 Å². The molecule has 1 atom stereocenters. The number of esters is 1. The minimum absolute atomic E-state index is 0.371. The van der Waals surface area contributed by atoms with Crippen molar-refractivity contribution < 1.29 is 9.53 Å². The Bertz CT molecular complexity index is 393. The van der Waals surface area contributed by atoms with Crippen molar-refractivity contribution in [2.45, 2.75) is 20.3 Å². The molecule has 1 unspecified atom stereocenters. The summed E-state index contributed by atoms with van der Waals surface area (Å²) in [7, 11) is 1.34. The van der Waals surface area contributed by atoms with Gasteiger partial charge in [-0.15, -0.1) is 0 Å². The molecule has 0 bridgehead atoms. The monoisotopic (exact) mass is 237 g/mol. The molecule has 5 heteroatoms. The van der Waals surface area contributed by atoms with Crippen LogP contribution in [0.25, 0.3) is 0 Å². The summed E-state index contributed by atoms with van der Waals surface area (Å²) in [5.41, 5.74) is 6.42. The van der Waals surface area contributed by atoms with Gasteiger partial charge in [-0.25, -0.2) is 9.78 Å². The second-order valence-electron chi connectivity index (χ2n) is 4.05. The third kappa shape index (κ3) is 3.62. The molecule has 1 aromatic heterocycles. The predicted octanol–water partition coefficient (Wildman–Crippen LogP) is 1.91. The summed E-state index contributed by atoms with van der Waals surface area (Å²) in [5, 5.41) is 3.14. The Labute approximate surface area is 101 Å². The third-order valence-electron chi connectivity index (χ3n) is 2.63. The minimum atomic E-state index is -0.434. The van der Waals surface area contributed by atoms with E-state index in [-0.39, 0.29) is 0 Å². The number of ether oxygens (including phenoxy) is 1. The lowest BCUT2D eigenvalue weighted by molar-refractivity contribution is 0.0601. The zero-order valence-corrected chi connectivity index (χ0v) is 10.5. The first-order valence-electron chi connectivity index (χ1n) is 5.66. The topological polar surface area (TPSA) is 77.2 Å². The summed E-state index contributed by atoms with van der Waals surface area (Å²) in [6, 6.07) is 1.57. The summed E-state index contributed by atoms with van der Waals surface area (Å²) in [5.74, 6) is 0.600. The molecular weight excluding hydrogens is 218 g/mol. The Hall–Kier alpha value is -1.78. The van der Waals surface area contributed by atoms with Crippen molar-refractivity contribution in [2.24, 2.45) is 5.92 Å². The van der Waals surface area contributed by atoms with Crippen LogP contribution in [0.1, 0.15) is 30.6 Å². The van der Waals surface area contributed by atoms with Gasteiger partial charge in [0.15, 0.2) is 0 Å². The number of nitrogens with one attached hydrogen (secondary N) is 1. The second kappa shape index (κ2) is 6.08. The number of hydrogen-bond donors (Lipinski definition) is 2. The van der Waals surface area contributed by atoms with E-state index in [1.54, 1.807) is 6.07 Å². The zero-order valence-electron chi connectivity index (χ0n) is 10.5. The number of nitrogens with zero attached hydrogens (tertiary/aromatic N) is 1. The average Bonchev–Trinajstić information content (AvgIpc) is 2.35. The third-order valence-corrected chi connectivity index (χ3v) is 2.63. The highest BCUT2D eigenvalue weighted by molar-refractivity contribution is 5.95. The number of nitrogens with two attached hydrogens (primary N) is 1. The van der Waals surface area contributed by atoms with Gasteiger partial charge in [-0.1, -0.05) is 20.3 Å². The molecule has 0 aliphatic heterocycles. The van der Waals surface area contributed by atoms with E-state index in [9.17, 15) is 4.79 Å². The van der Waals surface area contributed by atoms with Gasteiger partial charge in [0.05, 0.1) is 19.0 Å². The number of aromatic nitrogens is 1. The van der Waals surface area contributed by atoms with E-state index in [1.165, 1.54) is 13.3 Å². The molecule has 0 amide bonds. The smallest absolute Gasteiger partial charge is 0.341 e. The molecule has 5 nitrogen and oxygen atoms in total. The van der Waals surface area contributed by atoms with Crippen molar-refractivity contribution in [3.8, 4) is 0 Å². The Morgan fingerprint density at radius 2 is 2.35 bits per heavy atom. The largest absolute Gasteiger partial charge is 0.465 e. The quantitative estimate of drug-likeness (QED) is 0.765. The maximum absolute atomic E-state index is 11.5. The molecule has 1 rings (SSSR count). The van der Waals surface area contributed by atoms with Crippen molar-refractivity contribution in [3.63, 3.8) is 0 Å². The summed E-state index contributed by atoms with van der Waals surface area (Å²) < 4.78 is 4.69. The molecule has 0 fully saturated rings. The number of hydrogen-bond acceptors (Lipinski definition) is 5. The first kappa shape index (κ1) is 13.3. The van der Waals surface area contributed by atoms with Crippen molar-refractivity contribution in [3.05, 3.63) is 17.8 Å². The van der Waals surface area contributed by atoms with Gasteiger partial charge in [0.25, 0.3) is 0 Å². The van der Waals surface area contributed by atoms with Crippen LogP contribution in [0.5, 0.6) is 0 Å². The standard InChI is InChI=1S/C12H19N3O2/c1-4-8(2)6-14-11-10(12(16)17-3)5-9(13)7-15-11/h5,7-8H,4,6,13H2,1-3H3,(H,14,15). The summed E-state index contributed by atoms with van der Waals surface area (Å²) in [6.07, 6.45) is 2.58. The van der Waals surface area contributed by atoms with Crippen LogP contribution < -0.4 is 11.1 Å². The number of carbonyl (C=O) groups excluding carboxylic acids is 1. The van der Waals surface area contributed by atoms with E-state index < -0.39 is 5.97 Å². The van der Waals surface area contributed by atoms with E-state index in [4.69, 9.17) is 10.5 Å². The predicted molar refractivity (Wildman–Crippen MR) is 67.9 cm³/mol. The molecular formula is C12H19N3O2. The fourth-order valence-electron chi connectivity index (χ4n) is 1.30. The van der Waals surface area contributed by atoms with Crippen molar-refractivity contribution >= 4 is 17.5 Å². The Morgan fingerprint density at radius 1 is 1.65 bits per heavy atom. The molecule has 1 heterocycles. The van der Waals surface area contributed by atoms with E-state index in [0.29, 0.717) is 23.0 Å². The molecule has 0 aromatic carbocycles. The molecule has 0 saturated heterocycles. The van der Waals surface area contributed by atoms with Crippen molar-refractivity contribution in [1.82, 2.24) is 4.98 Å². The van der Waals surface area contributed by atoms with E-state index >= 15 is 0 Å². The average molecular weight is 237 g/mol. The maximum Gasteiger partial charge on any atom is 0.341 e. The van der Waals surface area contributed by atoms with Crippen LogP contribution in [-0.2, 0) is 4.74 Å². The van der Waals surface area contributed by atoms with Gasteiger partial charge in [0.2, 0.25) is 0 Å². The van der Waals surface area contributed by atoms with Gasteiger partial charge in [0.1, 0.15) is 11.4 Å². The number of rotatable bonds is 5. The Morgan fingerprint density at radius 3 is 2.94 bits per heavy atom. The van der Waals surface area contributed by atoms with Crippen LogP contribution in [0.2, 0.25) is 0 Å². The highest BCUT2D eigenvalue weighted by atomic mass is 16.5. The van der Waals surface area contributed by atoms with Gasteiger partial charge in [-0.05, 0) is 12.0 Å². The lowest BCUT2D eigenvalue weighted by atomic mass is 10.1. The lowest BCUT2D eigenvalue weighted by Crippen LogP contribution is -2.15. The molecule has 0 aliphatic rings. The van der Waals surface area contributed by atoms with Crippen LogP contribution in [0.15, 0.2) is 12.3 Å². The van der Waals surface area contributed by atoms with Crippen LogP contribution in [0, 0.1) is 5.92 Å². The van der Waals surface area contributed by atoms with Gasteiger partial charge in [0, 0.05) is 6.54 Å². The Balaban J connectivity index is 2.86. The fraction of sp³-hybridized carbons (Fsp3) is 0.500. The SMILES string of the molecule is CCC(C)CNc1ncc(N)cc1C(=O)OC. The van der Waals surface area contributed by atoms with E-state index in [1.807, 2.05) is 0 Å². The number of pyridine rings is 1. The number of carbonyl (C=O) groups is 1. The molecule has 3 N–H and O–H groups in total. The first-order valence-corrected chi connectivity index (χ1v) is 5.66. The number of nitrogen functional groups attached to an aromatic ring is 1. The molecule has 17 heavy (non-hydrogen) atoms. The summed E-state index contributed by atoms with van der Waals surface area (Å²) in [4.78, 5) is 15.7. The minimum Gasteiger partial charge on any atom is -0.465 e. The van der Waals surface area contributed by atoms with Gasteiger partial charge in [-0.2, -0.15) is 0 Å². The zero-order chi connectivity index (χ0) is 12.8. The molecule has 0 saturated carbocycles. The molecule has 0 radical (unpaired) electrons. The first-order chi connectivity index (χ1) is 8.08. The van der Waals surface area contributed by atoms with Crippen LogP contribution >= 0.6 is 0 Å². The van der Waals surface area contributed by atoms with E-state index in [0.717, 1.165) is 13.0 Å². The van der Waals surface area contributed by atoms with Crippen LogP contribution in [0.3, 0.4) is 0 Å². The van der Waals surface area contributed by atoms with Crippen LogP contribution in [0.4, 0.5) is 11.5 Å². The van der Waals surface area contributed by atoms with Gasteiger partial charge >= 0.3 is 5.97 Å². The highest BCUT2D eigenvalue weighted by Crippen LogP contribution is 2.17. The summed E-state index contributed by atoms with van der Waals surface area (Å²) >= 11 is 0. The highest BCUT2D eigenvalue weighted by Gasteiger charge is 2.14. The normalized spacial score (nSPS) is 11.9. The van der Waals surface area contributed by atoms with Gasteiger partial charge < -0.3 is 15.8 Å².